The van der Waals surface area contributed by atoms with Crippen LogP contribution in [0.3, 0.4) is 0 Å². The Labute approximate surface area is 125 Å². The fourth-order valence-corrected chi connectivity index (χ4v) is 2.67. The molecule has 0 bridgehead atoms. The molecule has 112 valence electrons. The van der Waals surface area contributed by atoms with Crippen molar-refractivity contribution in [1.82, 2.24) is 19.9 Å². The number of H-pyrrole nitrogens is 1. The van der Waals surface area contributed by atoms with Crippen LogP contribution in [0.4, 0.5) is 5.82 Å². The predicted molar refractivity (Wildman–Crippen MR) is 74.4 cm³/mol. The lowest BCUT2D eigenvalue weighted by molar-refractivity contribution is -0.188. The first kappa shape index (κ1) is 13.2. The second-order valence-corrected chi connectivity index (χ2v) is 5.56. The van der Waals surface area contributed by atoms with E-state index >= 15 is 0 Å². The molecule has 2 aromatic rings. The lowest BCUT2D eigenvalue weighted by Crippen LogP contribution is -2.47. The summed E-state index contributed by atoms with van der Waals surface area (Å²) < 4.78 is 10.4. The van der Waals surface area contributed by atoms with Gasteiger partial charge in [-0.3, -0.25) is 0 Å². The largest absolute Gasteiger partial charge is 0.378 e. The standard InChI is InChI=1S/C12H14ClN5O3/c13-11-16-8-7(9(17-11)18-1-3-20-4-2-18)14-10(15-8)12(19)5-21-6-12/h19H,1-6H2,(H,14,15,16,17). The molecule has 0 radical (unpaired) electrons. The fourth-order valence-electron chi connectivity index (χ4n) is 2.51. The van der Waals surface area contributed by atoms with Gasteiger partial charge in [0.15, 0.2) is 17.1 Å². The van der Waals surface area contributed by atoms with Crippen LogP contribution in [-0.4, -0.2) is 64.6 Å². The van der Waals surface area contributed by atoms with Crippen LogP contribution in [0.15, 0.2) is 0 Å². The lowest BCUT2D eigenvalue weighted by Gasteiger charge is -2.34. The average Bonchev–Trinajstić information content (AvgIpc) is 2.88. The van der Waals surface area contributed by atoms with Crippen LogP contribution in [0.2, 0.25) is 5.28 Å². The van der Waals surface area contributed by atoms with Crippen molar-refractivity contribution in [2.24, 2.45) is 0 Å². The van der Waals surface area contributed by atoms with Crippen LogP contribution >= 0.6 is 11.6 Å². The molecule has 2 aliphatic heterocycles. The topological polar surface area (TPSA) is 96.4 Å². The highest BCUT2D eigenvalue weighted by atomic mass is 35.5. The third-order valence-electron chi connectivity index (χ3n) is 3.74. The van der Waals surface area contributed by atoms with Crippen LogP contribution in [0.5, 0.6) is 0 Å². The molecular formula is C12H14ClN5O3. The molecule has 0 atom stereocenters. The minimum atomic E-state index is -1.07. The number of aromatic amines is 1. The number of hydrogen-bond acceptors (Lipinski definition) is 7. The third kappa shape index (κ3) is 2.15. The SMILES string of the molecule is OC1(c2nc3nc(Cl)nc(N4CCOCC4)c3[nH]2)COC1. The number of anilines is 1. The predicted octanol–water partition coefficient (Wildman–Crippen LogP) is 0.0607. The second-order valence-electron chi connectivity index (χ2n) is 5.22. The first-order valence-electron chi connectivity index (χ1n) is 6.72. The smallest absolute Gasteiger partial charge is 0.226 e. The molecular weight excluding hydrogens is 298 g/mol. The number of rotatable bonds is 2. The van der Waals surface area contributed by atoms with Crippen LogP contribution in [0.25, 0.3) is 11.2 Å². The summed E-state index contributed by atoms with van der Waals surface area (Å²) in [7, 11) is 0. The van der Waals surface area contributed by atoms with Crippen LogP contribution in [0.1, 0.15) is 5.82 Å². The molecule has 0 aromatic carbocycles. The number of aromatic nitrogens is 4. The summed E-state index contributed by atoms with van der Waals surface area (Å²) in [6, 6.07) is 0. The zero-order valence-corrected chi connectivity index (χ0v) is 11.9. The Bertz CT molecular complexity index is 681. The normalized spacial score (nSPS) is 21.5. The van der Waals surface area contributed by atoms with Gasteiger partial charge in [-0.1, -0.05) is 0 Å². The summed E-state index contributed by atoms with van der Waals surface area (Å²) in [5, 5.41) is 10.5. The number of imidazole rings is 1. The van der Waals surface area contributed by atoms with Gasteiger partial charge in [-0.15, -0.1) is 0 Å². The highest BCUT2D eigenvalue weighted by Crippen LogP contribution is 2.31. The van der Waals surface area contributed by atoms with E-state index in [0.717, 1.165) is 13.1 Å². The molecule has 0 saturated carbocycles. The quantitative estimate of drug-likeness (QED) is 0.757. The van der Waals surface area contributed by atoms with Crippen molar-refractivity contribution < 1.29 is 14.6 Å². The third-order valence-corrected chi connectivity index (χ3v) is 3.91. The Morgan fingerprint density at radius 1 is 1.14 bits per heavy atom. The molecule has 4 heterocycles. The Hall–Kier alpha value is -1.48. The van der Waals surface area contributed by atoms with Crippen molar-refractivity contribution in [3.63, 3.8) is 0 Å². The van der Waals surface area contributed by atoms with E-state index in [1.807, 2.05) is 0 Å². The number of hydrogen-bond donors (Lipinski definition) is 2. The van der Waals surface area contributed by atoms with Gasteiger partial charge in [0, 0.05) is 13.1 Å². The van der Waals surface area contributed by atoms with Crippen molar-refractivity contribution in [1.29, 1.82) is 0 Å². The number of nitrogens with zero attached hydrogens (tertiary/aromatic N) is 4. The Morgan fingerprint density at radius 3 is 2.57 bits per heavy atom. The van der Waals surface area contributed by atoms with Gasteiger partial charge in [0.05, 0.1) is 26.4 Å². The number of nitrogens with one attached hydrogen (secondary N) is 1. The van der Waals surface area contributed by atoms with E-state index in [9.17, 15) is 5.11 Å². The molecule has 2 N–H and O–H groups in total. The number of ether oxygens (including phenoxy) is 2. The summed E-state index contributed by atoms with van der Waals surface area (Å²) >= 11 is 5.99. The Morgan fingerprint density at radius 2 is 1.90 bits per heavy atom. The van der Waals surface area contributed by atoms with Gasteiger partial charge in [-0.25, -0.2) is 4.98 Å². The van der Waals surface area contributed by atoms with Crippen molar-refractivity contribution in [3.8, 4) is 0 Å². The summed E-state index contributed by atoms with van der Waals surface area (Å²) in [5.41, 5.74) is 0.0542. The average molecular weight is 312 g/mol. The van der Waals surface area contributed by atoms with Crippen LogP contribution in [-0.2, 0) is 15.1 Å². The van der Waals surface area contributed by atoms with Crippen molar-refractivity contribution in [2.45, 2.75) is 5.60 Å². The molecule has 8 nitrogen and oxygen atoms in total. The van der Waals surface area contributed by atoms with E-state index in [4.69, 9.17) is 21.1 Å². The highest BCUT2D eigenvalue weighted by molar-refractivity contribution is 6.28. The van der Waals surface area contributed by atoms with E-state index in [2.05, 4.69) is 24.8 Å². The van der Waals surface area contributed by atoms with Gasteiger partial charge in [0.25, 0.3) is 0 Å². The zero-order chi connectivity index (χ0) is 14.4. The number of aliphatic hydroxyl groups is 1. The number of halogens is 1. The van der Waals surface area contributed by atoms with Crippen molar-refractivity contribution in [3.05, 3.63) is 11.1 Å². The Balaban J connectivity index is 1.81. The number of morpholine rings is 1. The van der Waals surface area contributed by atoms with Gasteiger partial charge >= 0.3 is 0 Å². The molecule has 2 fully saturated rings. The molecule has 4 rings (SSSR count). The summed E-state index contributed by atoms with van der Waals surface area (Å²) in [6.07, 6.45) is 0. The van der Waals surface area contributed by atoms with Gasteiger partial charge in [-0.05, 0) is 11.6 Å². The van der Waals surface area contributed by atoms with Crippen molar-refractivity contribution in [2.75, 3.05) is 44.4 Å². The first-order chi connectivity index (χ1) is 10.2. The molecule has 21 heavy (non-hydrogen) atoms. The maximum absolute atomic E-state index is 10.3. The van der Waals surface area contributed by atoms with Gasteiger partial charge in [0.1, 0.15) is 11.3 Å². The maximum Gasteiger partial charge on any atom is 0.226 e. The second kappa shape index (κ2) is 4.77. The minimum Gasteiger partial charge on any atom is -0.378 e. The molecule has 0 unspecified atom stereocenters. The first-order valence-corrected chi connectivity index (χ1v) is 7.10. The molecule has 0 aliphatic carbocycles. The van der Waals surface area contributed by atoms with E-state index in [1.165, 1.54) is 0 Å². The molecule has 0 amide bonds. The Kier molecular flexibility index (Phi) is 3.00. The summed E-state index contributed by atoms with van der Waals surface area (Å²) in [4.78, 5) is 18.0. The van der Waals surface area contributed by atoms with Gasteiger partial charge in [-0.2, -0.15) is 9.97 Å². The van der Waals surface area contributed by atoms with Gasteiger partial charge < -0.3 is 24.5 Å². The van der Waals surface area contributed by atoms with Crippen LogP contribution in [0, 0.1) is 0 Å². The molecule has 2 aromatic heterocycles. The van der Waals surface area contributed by atoms with Crippen LogP contribution < -0.4 is 4.90 Å². The molecule has 9 heteroatoms. The van der Waals surface area contributed by atoms with Crippen molar-refractivity contribution >= 4 is 28.6 Å². The lowest BCUT2D eigenvalue weighted by atomic mass is 10.0. The van der Waals surface area contributed by atoms with E-state index in [0.29, 0.717) is 36.0 Å². The zero-order valence-electron chi connectivity index (χ0n) is 11.2. The highest BCUT2D eigenvalue weighted by Gasteiger charge is 2.41. The molecule has 0 spiro atoms. The summed E-state index contributed by atoms with van der Waals surface area (Å²) in [5.74, 6) is 1.13. The molecule has 2 aliphatic rings. The number of fused-ring (bicyclic) bond motifs is 1. The fraction of sp³-hybridized carbons (Fsp3) is 0.583. The monoisotopic (exact) mass is 311 g/mol. The van der Waals surface area contributed by atoms with E-state index in [1.54, 1.807) is 0 Å². The molecule has 2 saturated heterocycles. The van der Waals surface area contributed by atoms with E-state index in [-0.39, 0.29) is 18.5 Å². The minimum absolute atomic E-state index is 0.138. The summed E-state index contributed by atoms with van der Waals surface area (Å²) in [6.45, 7) is 3.18. The van der Waals surface area contributed by atoms with Gasteiger partial charge in [0.2, 0.25) is 5.28 Å². The maximum atomic E-state index is 10.3. The van der Waals surface area contributed by atoms with E-state index < -0.39 is 5.60 Å².